The summed E-state index contributed by atoms with van der Waals surface area (Å²) in [5, 5.41) is 3.30. The SMILES string of the molecule is CCNCC1CCCN(S(=O)(=O)Nc2ccncc2C)C1. The van der Waals surface area contributed by atoms with Gasteiger partial charge < -0.3 is 5.32 Å². The number of hydrogen-bond acceptors (Lipinski definition) is 4. The molecule has 118 valence electrons. The van der Waals surface area contributed by atoms with E-state index in [2.05, 4.69) is 21.9 Å². The Kier molecular flexibility index (Phi) is 5.55. The topological polar surface area (TPSA) is 74.3 Å². The highest BCUT2D eigenvalue weighted by Gasteiger charge is 2.28. The van der Waals surface area contributed by atoms with Gasteiger partial charge in [-0.2, -0.15) is 12.7 Å². The van der Waals surface area contributed by atoms with Gasteiger partial charge in [0.25, 0.3) is 0 Å². The lowest BCUT2D eigenvalue weighted by Crippen LogP contribution is -2.45. The van der Waals surface area contributed by atoms with E-state index in [0.29, 0.717) is 24.7 Å². The van der Waals surface area contributed by atoms with Crippen molar-refractivity contribution in [3.05, 3.63) is 24.0 Å². The number of hydrogen-bond donors (Lipinski definition) is 2. The first kappa shape index (κ1) is 16.2. The minimum Gasteiger partial charge on any atom is -0.317 e. The first-order valence-electron chi connectivity index (χ1n) is 7.42. The second-order valence-corrected chi connectivity index (χ2v) is 7.14. The summed E-state index contributed by atoms with van der Waals surface area (Å²) in [6.45, 7) is 6.85. The first-order valence-corrected chi connectivity index (χ1v) is 8.86. The summed E-state index contributed by atoms with van der Waals surface area (Å²) in [5.74, 6) is 0.383. The minimum absolute atomic E-state index is 0.383. The van der Waals surface area contributed by atoms with Gasteiger partial charge in [-0.25, -0.2) is 0 Å². The fraction of sp³-hybridized carbons (Fsp3) is 0.643. The van der Waals surface area contributed by atoms with E-state index in [1.165, 1.54) is 0 Å². The summed E-state index contributed by atoms with van der Waals surface area (Å²) >= 11 is 0. The van der Waals surface area contributed by atoms with Gasteiger partial charge in [-0.05, 0) is 50.4 Å². The van der Waals surface area contributed by atoms with Crippen LogP contribution in [0.1, 0.15) is 25.3 Å². The van der Waals surface area contributed by atoms with Crippen LogP contribution in [-0.2, 0) is 10.2 Å². The summed E-state index contributed by atoms with van der Waals surface area (Å²) in [7, 11) is -3.49. The van der Waals surface area contributed by atoms with Crippen LogP contribution in [0.4, 0.5) is 5.69 Å². The maximum atomic E-state index is 12.5. The molecule has 0 aromatic carbocycles. The van der Waals surface area contributed by atoms with E-state index in [4.69, 9.17) is 0 Å². The van der Waals surface area contributed by atoms with E-state index in [1.807, 2.05) is 6.92 Å². The van der Waals surface area contributed by atoms with Crippen LogP contribution >= 0.6 is 0 Å². The fourth-order valence-electron chi connectivity index (χ4n) is 2.55. The van der Waals surface area contributed by atoms with E-state index in [0.717, 1.165) is 31.5 Å². The lowest BCUT2D eigenvalue weighted by Gasteiger charge is -2.32. The molecule has 7 heteroatoms. The smallest absolute Gasteiger partial charge is 0.301 e. The lowest BCUT2D eigenvalue weighted by molar-refractivity contribution is 0.262. The van der Waals surface area contributed by atoms with E-state index >= 15 is 0 Å². The third-order valence-corrected chi connectivity index (χ3v) is 5.25. The van der Waals surface area contributed by atoms with Crippen molar-refractivity contribution in [3.8, 4) is 0 Å². The molecular weight excluding hydrogens is 288 g/mol. The molecule has 2 heterocycles. The van der Waals surface area contributed by atoms with Crippen LogP contribution in [-0.4, -0.2) is 43.9 Å². The Labute approximate surface area is 127 Å². The van der Waals surface area contributed by atoms with Crippen LogP contribution in [0.3, 0.4) is 0 Å². The molecule has 0 radical (unpaired) electrons. The van der Waals surface area contributed by atoms with Crippen molar-refractivity contribution in [2.75, 3.05) is 30.9 Å². The molecule has 1 aliphatic rings. The quantitative estimate of drug-likeness (QED) is 0.832. The second kappa shape index (κ2) is 7.20. The van der Waals surface area contributed by atoms with E-state index in [9.17, 15) is 8.42 Å². The Morgan fingerprint density at radius 2 is 2.29 bits per heavy atom. The molecule has 1 aromatic rings. The normalized spacial score (nSPS) is 20.4. The van der Waals surface area contributed by atoms with Gasteiger partial charge in [0.2, 0.25) is 0 Å². The molecule has 1 fully saturated rings. The van der Waals surface area contributed by atoms with Gasteiger partial charge in [0.05, 0.1) is 5.69 Å². The van der Waals surface area contributed by atoms with Gasteiger partial charge in [-0.15, -0.1) is 0 Å². The zero-order chi connectivity index (χ0) is 15.3. The lowest BCUT2D eigenvalue weighted by atomic mass is 10.00. The number of aromatic nitrogens is 1. The number of rotatable bonds is 6. The molecule has 1 aromatic heterocycles. The van der Waals surface area contributed by atoms with Gasteiger partial charge in [0, 0.05) is 25.5 Å². The molecule has 2 rings (SSSR count). The van der Waals surface area contributed by atoms with Gasteiger partial charge >= 0.3 is 10.2 Å². The van der Waals surface area contributed by atoms with Crippen LogP contribution < -0.4 is 10.0 Å². The number of pyridine rings is 1. The molecule has 0 saturated carbocycles. The van der Waals surface area contributed by atoms with Crippen LogP contribution in [0, 0.1) is 12.8 Å². The van der Waals surface area contributed by atoms with Crippen molar-refractivity contribution in [2.45, 2.75) is 26.7 Å². The van der Waals surface area contributed by atoms with Gasteiger partial charge in [-0.3, -0.25) is 9.71 Å². The highest BCUT2D eigenvalue weighted by molar-refractivity contribution is 7.90. The second-order valence-electron chi connectivity index (χ2n) is 5.47. The Bertz CT molecular complexity index is 562. The van der Waals surface area contributed by atoms with Gasteiger partial charge in [0.15, 0.2) is 0 Å². The molecule has 0 aliphatic carbocycles. The van der Waals surface area contributed by atoms with E-state index in [1.54, 1.807) is 22.8 Å². The fourth-order valence-corrected chi connectivity index (χ4v) is 3.96. The van der Waals surface area contributed by atoms with Crippen molar-refractivity contribution >= 4 is 15.9 Å². The monoisotopic (exact) mass is 312 g/mol. The summed E-state index contributed by atoms with van der Waals surface area (Å²) in [6, 6.07) is 1.69. The van der Waals surface area contributed by atoms with Crippen molar-refractivity contribution < 1.29 is 8.42 Å². The van der Waals surface area contributed by atoms with Crippen molar-refractivity contribution in [1.29, 1.82) is 0 Å². The Hall–Kier alpha value is -1.18. The summed E-state index contributed by atoms with van der Waals surface area (Å²) in [6.07, 6.45) is 5.23. The molecule has 21 heavy (non-hydrogen) atoms. The molecule has 0 amide bonds. The summed E-state index contributed by atoms with van der Waals surface area (Å²) in [4.78, 5) is 3.98. The Morgan fingerprint density at radius 3 is 3.00 bits per heavy atom. The minimum atomic E-state index is -3.49. The molecule has 6 nitrogen and oxygen atoms in total. The van der Waals surface area contributed by atoms with Gasteiger partial charge in [-0.1, -0.05) is 6.92 Å². The average Bonchev–Trinajstić information content (AvgIpc) is 2.48. The molecule has 2 N–H and O–H groups in total. The maximum Gasteiger partial charge on any atom is 0.301 e. The third kappa shape index (κ3) is 4.39. The zero-order valence-electron chi connectivity index (χ0n) is 12.7. The molecule has 1 saturated heterocycles. The molecule has 1 unspecified atom stereocenters. The molecule has 1 aliphatic heterocycles. The van der Waals surface area contributed by atoms with Crippen LogP contribution in [0.25, 0.3) is 0 Å². The molecule has 0 spiro atoms. The van der Waals surface area contributed by atoms with Crippen molar-refractivity contribution in [2.24, 2.45) is 5.92 Å². The zero-order valence-corrected chi connectivity index (χ0v) is 13.5. The van der Waals surface area contributed by atoms with Crippen LogP contribution in [0.5, 0.6) is 0 Å². The number of nitrogens with zero attached hydrogens (tertiary/aromatic N) is 2. The number of nitrogens with one attached hydrogen (secondary N) is 2. The van der Waals surface area contributed by atoms with E-state index < -0.39 is 10.2 Å². The first-order chi connectivity index (χ1) is 10.0. The highest BCUT2D eigenvalue weighted by Crippen LogP contribution is 2.21. The molecule has 0 bridgehead atoms. The Morgan fingerprint density at radius 1 is 1.48 bits per heavy atom. The van der Waals surface area contributed by atoms with Crippen molar-refractivity contribution in [1.82, 2.24) is 14.6 Å². The number of aryl methyl sites for hydroxylation is 1. The number of anilines is 1. The van der Waals surface area contributed by atoms with E-state index in [-0.39, 0.29) is 0 Å². The average molecular weight is 312 g/mol. The van der Waals surface area contributed by atoms with Crippen LogP contribution in [0.15, 0.2) is 18.5 Å². The van der Waals surface area contributed by atoms with Gasteiger partial charge in [0.1, 0.15) is 0 Å². The standard InChI is InChI=1S/C14H24N4O2S/c1-3-15-10-13-5-4-8-18(11-13)21(19,20)17-14-6-7-16-9-12(14)2/h6-7,9,13,15H,3-5,8,10-11H2,1-2H3,(H,16,17). The maximum absolute atomic E-state index is 12.5. The Balaban J connectivity index is 2.03. The predicted molar refractivity (Wildman–Crippen MR) is 84.4 cm³/mol. The van der Waals surface area contributed by atoms with Crippen molar-refractivity contribution in [3.63, 3.8) is 0 Å². The summed E-state index contributed by atoms with van der Waals surface area (Å²) in [5.41, 5.74) is 1.42. The number of piperidine rings is 1. The molecule has 1 atom stereocenters. The predicted octanol–water partition coefficient (Wildman–Crippen LogP) is 1.37. The molecular formula is C14H24N4O2S. The third-order valence-electron chi connectivity index (χ3n) is 3.76. The highest BCUT2D eigenvalue weighted by atomic mass is 32.2. The summed E-state index contributed by atoms with van der Waals surface area (Å²) < 4.78 is 29.2. The van der Waals surface area contributed by atoms with Crippen LogP contribution in [0.2, 0.25) is 0 Å². The largest absolute Gasteiger partial charge is 0.317 e.